The van der Waals surface area contributed by atoms with Gasteiger partial charge in [0.2, 0.25) is 5.91 Å². The second kappa shape index (κ2) is 6.20. The number of hydrogen-bond acceptors (Lipinski definition) is 3. The number of alkyl halides is 3. The summed E-state index contributed by atoms with van der Waals surface area (Å²) in [6.07, 6.45) is -1.26. The number of nitrogens with two attached hydrogens (primary N) is 1. The maximum absolute atomic E-state index is 11.9. The SMILES string of the molecule is NCCN(CC(=O)NCC(F)(F)F)C1CCC1. The normalized spacial score (nSPS) is 17.0. The highest BCUT2D eigenvalue weighted by Crippen LogP contribution is 2.24. The Hall–Kier alpha value is -0.820. The fourth-order valence-corrected chi connectivity index (χ4v) is 1.75. The molecule has 0 aromatic carbocycles. The summed E-state index contributed by atoms with van der Waals surface area (Å²) in [4.78, 5) is 13.2. The summed E-state index contributed by atoms with van der Waals surface area (Å²) >= 11 is 0. The van der Waals surface area contributed by atoms with E-state index in [9.17, 15) is 18.0 Å². The summed E-state index contributed by atoms with van der Waals surface area (Å²) in [5.41, 5.74) is 5.41. The first-order valence-corrected chi connectivity index (χ1v) is 5.70. The van der Waals surface area contributed by atoms with Crippen molar-refractivity contribution in [1.29, 1.82) is 0 Å². The fraction of sp³-hybridized carbons (Fsp3) is 0.900. The minimum Gasteiger partial charge on any atom is -0.346 e. The van der Waals surface area contributed by atoms with E-state index in [-0.39, 0.29) is 6.54 Å². The quantitative estimate of drug-likeness (QED) is 0.724. The monoisotopic (exact) mass is 253 g/mol. The molecule has 3 N–H and O–H groups in total. The van der Waals surface area contributed by atoms with E-state index in [0.29, 0.717) is 19.1 Å². The maximum Gasteiger partial charge on any atom is 0.405 e. The van der Waals surface area contributed by atoms with Crippen molar-refractivity contribution in [3.63, 3.8) is 0 Å². The Morgan fingerprint density at radius 2 is 2.06 bits per heavy atom. The van der Waals surface area contributed by atoms with Gasteiger partial charge in [-0.2, -0.15) is 13.2 Å². The van der Waals surface area contributed by atoms with Gasteiger partial charge in [-0.3, -0.25) is 9.69 Å². The third kappa shape index (κ3) is 5.36. The Morgan fingerprint density at radius 3 is 2.47 bits per heavy atom. The summed E-state index contributed by atoms with van der Waals surface area (Å²) in [7, 11) is 0. The highest BCUT2D eigenvalue weighted by molar-refractivity contribution is 5.78. The zero-order valence-electron chi connectivity index (χ0n) is 9.59. The van der Waals surface area contributed by atoms with Crippen LogP contribution in [0.4, 0.5) is 13.2 Å². The predicted octanol–water partition coefficient (Wildman–Crippen LogP) is 0.478. The predicted molar refractivity (Wildman–Crippen MR) is 57.3 cm³/mol. The highest BCUT2D eigenvalue weighted by Gasteiger charge is 2.29. The first-order valence-electron chi connectivity index (χ1n) is 5.70. The Bertz CT molecular complexity index is 254. The molecule has 1 rings (SSSR count). The van der Waals surface area contributed by atoms with E-state index in [1.807, 2.05) is 10.2 Å². The van der Waals surface area contributed by atoms with Gasteiger partial charge < -0.3 is 11.1 Å². The van der Waals surface area contributed by atoms with Crippen molar-refractivity contribution in [2.45, 2.75) is 31.5 Å². The van der Waals surface area contributed by atoms with Crippen LogP contribution in [0.2, 0.25) is 0 Å². The molecule has 7 heteroatoms. The zero-order chi connectivity index (χ0) is 12.9. The summed E-state index contributed by atoms with van der Waals surface area (Å²) in [6.45, 7) is -0.321. The third-order valence-electron chi connectivity index (χ3n) is 2.84. The lowest BCUT2D eigenvalue weighted by molar-refractivity contribution is -0.139. The van der Waals surface area contributed by atoms with Gasteiger partial charge in [-0.1, -0.05) is 6.42 Å². The number of rotatable bonds is 6. The van der Waals surface area contributed by atoms with Gasteiger partial charge in [-0.25, -0.2) is 0 Å². The van der Waals surface area contributed by atoms with Crippen molar-refractivity contribution >= 4 is 5.91 Å². The molecule has 0 aromatic heterocycles. The van der Waals surface area contributed by atoms with Crippen LogP contribution in [0.3, 0.4) is 0 Å². The van der Waals surface area contributed by atoms with E-state index < -0.39 is 18.6 Å². The van der Waals surface area contributed by atoms with Crippen molar-refractivity contribution in [3.05, 3.63) is 0 Å². The Labute approximate surface area is 98.3 Å². The summed E-state index contributed by atoms with van der Waals surface area (Å²) in [6, 6.07) is 0.301. The molecule has 100 valence electrons. The van der Waals surface area contributed by atoms with Gasteiger partial charge in [0.15, 0.2) is 0 Å². The number of nitrogens with one attached hydrogen (secondary N) is 1. The molecule has 4 nitrogen and oxygen atoms in total. The van der Waals surface area contributed by atoms with Gasteiger partial charge >= 0.3 is 6.18 Å². The van der Waals surface area contributed by atoms with Crippen molar-refractivity contribution in [2.75, 3.05) is 26.2 Å². The molecule has 1 aliphatic carbocycles. The molecular weight excluding hydrogens is 235 g/mol. The van der Waals surface area contributed by atoms with Gasteiger partial charge in [-0.05, 0) is 12.8 Å². The van der Waals surface area contributed by atoms with Crippen LogP contribution in [-0.4, -0.2) is 49.2 Å². The molecule has 0 aliphatic heterocycles. The summed E-state index contributed by atoms with van der Waals surface area (Å²) in [5.74, 6) is -0.595. The molecule has 0 radical (unpaired) electrons. The van der Waals surface area contributed by atoms with E-state index in [1.165, 1.54) is 0 Å². The maximum atomic E-state index is 11.9. The Balaban J connectivity index is 2.30. The second-order valence-electron chi connectivity index (χ2n) is 4.24. The number of halogens is 3. The van der Waals surface area contributed by atoms with Crippen molar-refractivity contribution in [2.24, 2.45) is 5.73 Å². The molecule has 0 aromatic rings. The van der Waals surface area contributed by atoms with E-state index in [1.54, 1.807) is 0 Å². The van der Waals surface area contributed by atoms with Crippen LogP contribution in [0.1, 0.15) is 19.3 Å². The van der Waals surface area contributed by atoms with Gasteiger partial charge in [0.1, 0.15) is 6.54 Å². The molecule has 0 heterocycles. The zero-order valence-corrected chi connectivity index (χ0v) is 9.59. The number of carbonyl (C=O) groups is 1. The number of carbonyl (C=O) groups excluding carboxylic acids is 1. The molecule has 1 fully saturated rings. The van der Waals surface area contributed by atoms with Gasteiger partial charge in [-0.15, -0.1) is 0 Å². The van der Waals surface area contributed by atoms with Crippen molar-refractivity contribution in [1.82, 2.24) is 10.2 Å². The average molecular weight is 253 g/mol. The number of nitrogens with zero attached hydrogens (tertiary/aromatic N) is 1. The summed E-state index contributed by atoms with van der Waals surface area (Å²) < 4.78 is 35.7. The van der Waals surface area contributed by atoms with Gasteiger partial charge in [0, 0.05) is 19.1 Å². The minimum absolute atomic E-state index is 0.00204. The van der Waals surface area contributed by atoms with Crippen LogP contribution in [0.15, 0.2) is 0 Å². The van der Waals surface area contributed by atoms with Crippen LogP contribution in [-0.2, 0) is 4.79 Å². The molecule has 1 amide bonds. The molecule has 1 saturated carbocycles. The Morgan fingerprint density at radius 1 is 1.41 bits per heavy atom. The number of hydrogen-bond donors (Lipinski definition) is 2. The van der Waals surface area contributed by atoms with Crippen molar-refractivity contribution in [3.8, 4) is 0 Å². The van der Waals surface area contributed by atoms with Crippen molar-refractivity contribution < 1.29 is 18.0 Å². The van der Waals surface area contributed by atoms with Crippen LogP contribution in [0.25, 0.3) is 0 Å². The molecule has 0 bridgehead atoms. The van der Waals surface area contributed by atoms with Crippen LogP contribution >= 0.6 is 0 Å². The largest absolute Gasteiger partial charge is 0.405 e. The molecular formula is C10H18F3N3O. The van der Waals surface area contributed by atoms with Crippen LogP contribution in [0.5, 0.6) is 0 Å². The molecule has 0 saturated heterocycles. The minimum atomic E-state index is -4.36. The number of amides is 1. The molecule has 1 aliphatic rings. The highest BCUT2D eigenvalue weighted by atomic mass is 19.4. The van der Waals surface area contributed by atoms with E-state index in [4.69, 9.17) is 5.73 Å². The first-order chi connectivity index (χ1) is 7.92. The lowest BCUT2D eigenvalue weighted by Gasteiger charge is -2.36. The molecule has 0 unspecified atom stereocenters. The lowest BCUT2D eigenvalue weighted by atomic mass is 9.91. The van der Waals surface area contributed by atoms with Crippen LogP contribution < -0.4 is 11.1 Å². The van der Waals surface area contributed by atoms with E-state index >= 15 is 0 Å². The topological polar surface area (TPSA) is 58.4 Å². The van der Waals surface area contributed by atoms with Gasteiger partial charge in [0.05, 0.1) is 6.54 Å². The summed E-state index contributed by atoms with van der Waals surface area (Å²) in [5, 5.41) is 1.87. The second-order valence-corrected chi connectivity index (χ2v) is 4.24. The average Bonchev–Trinajstić information content (AvgIpc) is 2.11. The van der Waals surface area contributed by atoms with Crippen LogP contribution in [0, 0.1) is 0 Å². The molecule has 0 atom stereocenters. The lowest BCUT2D eigenvalue weighted by Crippen LogP contribution is -2.48. The first kappa shape index (κ1) is 14.2. The Kier molecular flexibility index (Phi) is 5.20. The fourth-order valence-electron chi connectivity index (χ4n) is 1.75. The third-order valence-corrected chi connectivity index (χ3v) is 2.84. The molecule has 17 heavy (non-hydrogen) atoms. The molecule has 0 spiro atoms. The van der Waals surface area contributed by atoms with E-state index in [2.05, 4.69) is 0 Å². The smallest absolute Gasteiger partial charge is 0.346 e. The van der Waals surface area contributed by atoms with Gasteiger partial charge in [0.25, 0.3) is 0 Å². The standard InChI is InChI=1S/C10H18F3N3O/c11-10(12,13)7-15-9(17)6-16(5-4-14)8-2-1-3-8/h8H,1-7,14H2,(H,15,17). The van der Waals surface area contributed by atoms with E-state index in [0.717, 1.165) is 19.3 Å².